The second kappa shape index (κ2) is 6.33. The first-order valence-electron chi connectivity index (χ1n) is 7.10. The van der Waals surface area contributed by atoms with E-state index in [2.05, 4.69) is 36.3 Å². The minimum atomic E-state index is -0.793. The van der Waals surface area contributed by atoms with Crippen LogP contribution in [-0.2, 0) is 11.3 Å². The highest BCUT2D eigenvalue weighted by Gasteiger charge is 2.27. The van der Waals surface area contributed by atoms with Gasteiger partial charge in [-0.05, 0) is 28.2 Å². The summed E-state index contributed by atoms with van der Waals surface area (Å²) in [6, 6.07) is 0. The standard InChI is InChI=1S/C14H26N4O2/c1-9(2)10(3)12-15-16-17-18(12)8-11(13(19)20)7-14(4,5)6/h9-11H,7-8H2,1-6H3,(H,19,20). The molecule has 1 N–H and O–H groups in total. The lowest BCUT2D eigenvalue weighted by Gasteiger charge is -2.24. The Bertz CT molecular complexity index is 448. The van der Waals surface area contributed by atoms with Gasteiger partial charge in [-0.2, -0.15) is 0 Å². The molecule has 0 bridgehead atoms. The van der Waals surface area contributed by atoms with Gasteiger partial charge in [0.2, 0.25) is 0 Å². The van der Waals surface area contributed by atoms with Crippen molar-refractivity contribution >= 4 is 5.97 Å². The maximum atomic E-state index is 11.4. The van der Waals surface area contributed by atoms with Gasteiger partial charge in [0.15, 0.2) is 5.82 Å². The van der Waals surface area contributed by atoms with Crippen molar-refractivity contribution in [3.63, 3.8) is 0 Å². The zero-order chi connectivity index (χ0) is 15.5. The largest absolute Gasteiger partial charge is 0.481 e. The molecule has 1 aromatic rings. The summed E-state index contributed by atoms with van der Waals surface area (Å²) in [6.45, 7) is 12.7. The molecule has 6 heteroatoms. The highest BCUT2D eigenvalue weighted by atomic mass is 16.4. The molecule has 0 fully saturated rings. The number of tetrazole rings is 1. The van der Waals surface area contributed by atoms with Crippen LogP contribution in [0.15, 0.2) is 0 Å². The van der Waals surface area contributed by atoms with Crippen molar-refractivity contribution in [2.24, 2.45) is 17.3 Å². The summed E-state index contributed by atoms with van der Waals surface area (Å²) < 4.78 is 1.65. The molecule has 2 unspecified atom stereocenters. The number of hydrogen-bond donors (Lipinski definition) is 1. The van der Waals surface area contributed by atoms with Crippen molar-refractivity contribution in [1.29, 1.82) is 0 Å². The third-order valence-corrected chi connectivity index (χ3v) is 3.57. The van der Waals surface area contributed by atoms with E-state index in [1.54, 1.807) is 4.68 Å². The van der Waals surface area contributed by atoms with E-state index < -0.39 is 11.9 Å². The summed E-state index contributed by atoms with van der Waals surface area (Å²) in [5.41, 5.74) is -0.0408. The van der Waals surface area contributed by atoms with E-state index in [4.69, 9.17) is 0 Å². The third kappa shape index (κ3) is 4.58. The van der Waals surface area contributed by atoms with Gasteiger partial charge in [0.05, 0.1) is 12.5 Å². The smallest absolute Gasteiger partial charge is 0.308 e. The lowest BCUT2D eigenvalue weighted by Crippen LogP contribution is -2.27. The van der Waals surface area contributed by atoms with Crippen molar-refractivity contribution in [3.05, 3.63) is 5.82 Å². The summed E-state index contributed by atoms with van der Waals surface area (Å²) in [6.07, 6.45) is 0.595. The van der Waals surface area contributed by atoms with Crippen LogP contribution in [0.3, 0.4) is 0 Å². The van der Waals surface area contributed by atoms with Crippen LogP contribution in [0.4, 0.5) is 0 Å². The Morgan fingerprint density at radius 2 is 1.90 bits per heavy atom. The Morgan fingerprint density at radius 1 is 1.30 bits per heavy atom. The predicted molar refractivity (Wildman–Crippen MR) is 76.3 cm³/mol. The number of nitrogens with zero attached hydrogens (tertiary/aromatic N) is 4. The van der Waals surface area contributed by atoms with E-state index in [-0.39, 0.29) is 11.3 Å². The molecule has 2 atom stereocenters. The van der Waals surface area contributed by atoms with Crippen molar-refractivity contribution < 1.29 is 9.90 Å². The number of carbonyl (C=O) groups is 1. The lowest BCUT2D eigenvalue weighted by molar-refractivity contribution is -0.143. The monoisotopic (exact) mass is 282 g/mol. The van der Waals surface area contributed by atoms with Gasteiger partial charge in [-0.1, -0.05) is 41.5 Å². The minimum Gasteiger partial charge on any atom is -0.481 e. The summed E-state index contributed by atoms with van der Waals surface area (Å²) in [5, 5.41) is 21.1. The molecule has 0 radical (unpaired) electrons. The maximum Gasteiger partial charge on any atom is 0.308 e. The Morgan fingerprint density at radius 3 is 2.35 bits per heavy atom. The normalized spacial score (nSPS) is 15.3. The molecule has 0 aromatic carbocycles. The molecule has 0 aliphatic carbocycles. The molecule has 0 saturated carbocycles. The molecular weight excluding hydrogens is 256 g/mol. The average Bonchev–Trinajstić information content (AvgIpc) is 2.73. The van der Waals surface area contributed by atoms with Crippen molar-refractivity contribution in [1.82, 2.24) is 20.2 Å². The van der Waals surface area contributed by atoms with E-state index in [0.717, 1.165) is 5.82 Å². The molecule has 0 amide bonds. The number of rotatable bonds is 6. The molecule has 6 nitrogen and oxygen atoms in total. The second-order valence-corrected chi connectivity index (χ2v) is 7.05. The van der Waals surface area contributed by atoms with Crippen molar-refractivity contribution in [2.45, 2.75) is 60.4 Å². The van der Waals surface area contributed by atoms with E-state index in [1.807, 2.05) is 20.8 Å². The molecule has 1 aromatic heterocycles. The third-order valence-electron chi connectivity index (χ3n) is 3.57. The van der Waals surface area contributed by atoms with Gasteiger partial charge in [0.25, 0.3) is 0 Å². The van der Waals surface area contributed by atoms with E-state index in [9.17, 15) is 9.90 Å². The van der Waals surface area contributed by atoms with Gasteiger partial charge in [-0.15, -0.1) is 5.10 Å². The van der Waals surface area contributed by atoms with Crippen LogP contribution in [0, 0.1) is 17.3 Å². The molecule has 114 valence electrons. The fraction of sp³-hybridized carbons (Fsp3) is 0.857. The number of carboxylic acid groups (broad SMARTS) is 1. The number of carboxylic acids is 1. The summed E-state index contributed by atoms with van der Waals surface area (Å²) in [7, 11) is 0. The first-order valence-corrected chi connectivity index (χ1v) is 7.10. The highest BCUT2D eigenvalue weighted by Crippen LogP contribution is 2.27. The fourth-order valence-electron chi connectivity index (χ4n) is 2.14. The molecule has 0 saturated heterocycles. The molecular formula is C14H26N4O2. The Labute approximate surface area is 120 Å². The van der Waals surface area contributed by atoms with Gasteiger partial charge in [-0.25, -0.2) is 4.68 Å². The SMILES string of the molecule is CC(C)C(C)c1nnnn1CC(CC(C)(C)C)C(=O)O. The summed E-state index contributed by atoms with van der Waals surface area (Å²) in [5.74, 6) is 0.107. The number of hydrogen-bond acceptors (Lipinski definition) is 4. The van der Waals surface area contributed by atoms with Crippen LogP contribution >= 0.6 is 0 Å². The quantitative estimate of drug-likeness (QED) is 0.867. The predicted octanol–water partition coefficient (Wildman–Crippen LogP) is 2.57. The van der Waals surface area contributed by atoms with Gasteiger partial charge in [-0.3, -0.25) is 4.79 Å². The Kier molecular flexibility index (Phi) is 5.25. The zero-order valence-corrected chi connectivity index (χ0v) is 13.3. The van der Waals surface area contributed by atoms with Crippen LogP contribution < -0.4 is 0 Å². The average molecular weight is 282 g/mol. The van der Waals surface area contributed by atoms with Gasteiger partial charge < -0.3 is 5.11 Å². The van der Waals surface area contributed by atoms with Crippen LogP contribution in [0.1, 0.15) is 59.7 Å². The molecule has 0 aliphatic heterocycles. The molecule has 1 rings (SSSR count). The topological polar surface area (TPSA) is 80.9 Å². The highest BCUT2D eigenvalue weighted by molar-refractivity contribution is 5.69. The Balaban J connectivity index is 2.90. The van der Waals surface area contributed by atoms with E-state index >= 15 is 0 Å². The van der Waals surface area contributed by atoms with Gasteiger partial charge in [0, 0.05) is 5.92 Å². The van der Waals surface area contributed by atoms with Crippen molar-refractivity contribution in [2.75, 3.05) is 0 Å². The second-order valence-electron chi connectivity index (χ2n) is 7.05. The first-order chi connectivity index (χ1) is 9.11. The summed E-state index contributed by atoms with van der Waals surface area (Å²) in [4.78, 5) is 11.4. The minimum absolute atomic E-state index is 0.0408. The number of aromatic nitrogens is 4. The summed E-state index contributed by atoms with van der Waals surface area (Å²) >= 11 is 0. The molecule has 0 spiro atoms. The fourth-order valence-corrected chi connectivity index (χ4v) is 2.14. The maximum absolute atomic E-state index is 11.4. The zero-order valence-electron chi connectivity index (χ0n) is 13.3. The molecule has 0 aliphatic rings. The molecule has 1 heterocycles. The first kappa shape index (κ1) is 16.6. The van der Waals surface area contributed by atoms with Crippen molar-refractivity contribution in [3.8, 4) is 0 Å². The lowest BCUT2D eigenvalue weighted by atomic mass is 9.84. The van der Waals surface area contributed by atoms with E-state index in [1.165, 1.54) is 0 Å². The Hall–Kier alpha value is -1.46. The number of aliphatic carboxylic acids is 1. The van der Waals surface area contributed by atoms with E-state index in [0.29, 0.717) is 18.9 Å². The van der Waals surface area contributed by atoms with Crippen LogP contribution in [0.2, 0.25) is 0 Å². The van der Waals surface area contributed by atoms with Gasteiger partial charge >= 0.3 is 5.97 Å². The molecule has 20 heavy (non-hydrogen) atoms. The van der Waals surface area contributed by atoms with Crippen LogP contribution in [-0.4, -0.2) is 31.3 Å². The van der Waals surface area contributed by atoms with Crippen LogP contribution in [0.5, 0.6) is 0 Å². The van der Waals surface area contributed by atoms with Gasteiger partial charge in [0.1, 0.15) is 0 Å². The van der Waals surface area contributed by atoms with Crippen LogP contribution in [0.25, 0.3) is 0 Å².